The van der Waals surface area contributed by atoms with Crippen molar-refractivity contribution >= 4 is 28.8 Å². The molecule has 10 heteroatoms. The number of hydrogen-bond donors (Lipinski definition) is 2. The van der Waals surface area contributed by atoms with Crippen LogP contribution in [0.3, 0.4) is 0 Å². The lowest BCUT2D eigenvalue weighted by molar-refractivity contribution is 0.102. The monoisotopic (exact) mass is 426 g/mol. The third-order valence-electron chi connectivity index (χ3n) is 4.47. The Morgan fingerprint density at radius 1 is 1.33 bits per heavy atom. The van der Waals surface area contributed by atoms with Crippen LogP contribution in [0.15, 0.2) is 49.1 Å². The van der Waals surface area contributed by atoms with Gasteiger partial charge in [-0.05, 0) is 31.2 Å². The van der Waals surface area contributed by atoms with Crippen LogP contribution in [0.25, 0.3) is 16.9 Å². The summed E-state index contributed by atoms with van der Waals surface area (Å²) in [5, 5.41) is 21.8. The van der Waals surface area contributed by atoms with E-state index in [2.05, 4.69) is 20.5 Å². The Labute approximate surface area is 176 Å². The Kier molecular flexibility index (Phi) is 5.39. The van der Waals surface area contributed by atoms with E-state index in [0.29, 0.717) is 38.9 Å². The van der Waals surface area contributed by atoms with Gasteiger partial charge in [0, 0.05) is 23.0 Å². The number of hydrogen-bond acceptors (Lipinski definition) is 6. The molecule has 4 rings (SSSR count). The van der Waals surface area contributed by atoms with Gasteiger partial charge in [-0.2, -0.15) is 10.2 Å². The van der Waals surface area contributed by atoms with E-state index in [1.54, 1.807) is 55.4 Å². The first-order valence-corrected chi connectivity index (χ1v) is 9.53. The van der Waals surface area contributed by atoms with E-state index in [-0.39, 0.29) is 12.5 Å². The molecule has 0 aliphatic rings. The minimum atomic E-state index is -0.652. The molecule has 0 fully saturated rings. The van der Waals surface area contributed by atoms with Crippen LogP contribution in [0, 0.1) is 0 Å². The number of aliphatic hydroxyl groups excluding tert-OH is 1. The predicted octanol–water partition coefficient (Wildman–Crippen LogP) is 2.89. The minimum absolute atomic E-state index is 0.221. The summed E-state index contributed by atoms with van der Waals surface area (Å²) < 4.78 is 8.60. The second-order valence-corrected chi connectivity index (χ2v) is 7.12. The van der Waals surface area contributed by atoms with E-state index in [0.717, 1.165) is 0 Å². The van der Waals surface area contributed by atoms with Crippen molar-refractivity contribution in [1.82, 2.24) is 24.4 Å². The highest BCUT2D eigenvalue weighted by Crippen LogP contribution is 2.37. The van der Waals surface area contributed by atoms with Crippen molar-refractivity contribution in [2.24, 2.45) is 0 Å². The second kappa shape index (κ2) is 8.13. The summed E-state index contributed by atoms with van der Waals surface area (Å²) in [5.41, 5.74) is 2.40. The fourth-order valence-corrected chi connectivity index (χ4v) is 3.36. The van der Waals surface area contributed by atoms with Gasteiger partial charge in [-0.15, -0.1) is 0 Å². The van der Waals surface area contributed by atoms with Crippen LogP contribution in [0.2, 0.25) is 5.02 Å². The number of rotatable bonds is 6. The van der Waals surface area contributed by atoms with E-state index < -0.39 is 6.10 Å². The molecular formula is C20H19ClN6O3. The maximum atomic E-state index is 13.0. The van der Waals surface area contributed by atoms with E-state index in [1.165, 1.54) is 16.9 Å². The van der Waals surface area contributed by atoms with E-state index in [9.17, 15) is 9.90 Å². The lowest BCUT2D eigenvalue weighted by Gasteiger charge is -2.15. The Balaban J connectivity index is 1.78. The summed E-state index contributed by atoms with van der Waals surface area (Å²) in [5.74, 6) is 0.169. The van der Waals surface area contributed by atoms with Crippen LogP contribution in [-0.2, 0) is 6.54 Å². The molecule has 30 heavy (non-hydrogen) atoms. The first-order valence-electron chi connectivity index (χ1n) is 9.15. The number of anilines is 1. The molecule has 3 aromatic heterocycles. The topological polar surface area (TPSA) is 107 Å². The van der Waals surface area contributed by atoms with Gasteiger partial charge in [0.25, 0.3) is 5.91 Å². The molecule has 154 valence electrons. The summed E-state index contributed by atoms with van der Waals surface area (Å²) in [6, 6.07) is 6.90. The number of aliphatic hydroxyl groups is 1. The fraction of sp³-hybridized carbons (Fsp3) is 0.200. The number of nitrogens with zero attached hydrogens (tertiary/aromatic N) is 5. The molecule has 2 N–H and O–H groups in total. The van der Waals surface area contributed by atoms with Gasteiger partial charge in [-0.3, -0.25) is 9.48 Å². The van der Waals surface area contributed by atoms with Gasteiger partial charge in [-0.25, -0.2) is 9.50 Å². The fourth-order valence-electron chi connectivity index (χ4n) is 3.19. The molecule has 0 spiro atoms. The van der Waals surface area contributed by atoms with Gasteiger partial charge in [0.1, 0.15) is 11.3 Å². The lowest BCUT2D eigenvalue weighted by Crippen LogP contribution is -2.16. The summed E-state index contributed by atoms with van der Waals surface area (Å²) in [4.78, 5) is 17.2. The Hall–Kier alpha value is -3.43. The van der Waals surface area contributed by atoms with Gasteiger partial charge in [0.15, 0.2) is 5.65 Å². The van der Waals surface area contributed by atoms with E-state index >= 15 is 0 Å². The van der Waals surface area contributed by atoms with Crippen LogP contribution in [0.4, 0.5) is 5.69 Å². The molecular weight excluding hydrogens is 408 g/mol. The maximum Gasteiger partial charge on any atom is 0.261 e. The average molecular weight is 427 g/mol. The predicted molar refractivity (Wildman–Crippen MR) is 112 cm³/mol. The van der Waals surface area contributed by atoms with Crippen molar-refractivity contribution in [2.45, 2.75) is 19.6 Å². The van der Waals surface area contributed by atoms with Crippen molar-refractivity contribution in [2.75, 3.05) is 12.4 Å². The smallest absolute Gasteiger partial charge is 0.261 e. The molecule has 0 saturated carbocycles. The Morgan fingerprint density at radius 2 is 2.17 bits per heavy atom. The normalized spacial score (nSPS) is 12.1. The summed E-state index contributed by atoms with van der Waals surface area (Å²) >= 11 is 6.21. The highest BCUT2D eigenvalue weighted by atomic mass is 35.5. The molecule has 0 saturated heterocycles. The summed E-state index contributed by atoms with van der Waals surface area (Å²) in [7, 11) is 1.55. The molecule has 1 amide bonds. The number of nitrogens with one attached hydrogen (secondary N) is 1. The third-order valence-corrected chi connectivity index (χ3v) is 4.70. The zero-order valence-electron chi connectivity index (χ0n) is 16.3. The molecule has 4 aromatic rings. The standard InChI is InChI=1S/C20H19ClN6O3/c1-12(28)11-27-18(14-8-13(21)4-5-17(14)30-2)16(10-24-27)25-20(29)15-9-23-26-7-3-6-22-19(15)26/h3-10,12,28H,11H2,1-2H3,(H,25,29)/t12-/m0/s1. The number of amides is 1. The van der Waals surface area contributed by atoms with Gasteiger partial charge in [-0.1, -0.05) is 11.6 Å². The molecule has 0 radical (unpaired) electrons. The van der Waals surface area contributed by atoms with Gasteiger partial charge >= 0.3 is 0 Å². The van der Waals surface area contributed by atoms with Crippen LogP contribution in [0.1, 0.15) is 17.3 Å². The quantitative estimate of drug-likeness (QED) is 0.491. The number of ether oxygens (including phenoxy) is 1. The van der Waals surface area contributed by atoms with Gasteiger partial charge in [0.05, 0.1) is 43.5 Å². The van der Waals surface area contributed by atoms with E-state index in [1.807, 2.05) is 0 Å². The highest BCUT2D eigenvalue weighted by molar-refractivity contribution is 6.31. The van der Waals surface area contributed by atoms with Crippen molar-refractivity contribution in [3.63, 3.8) is 0 Å². The van der Waals surface area contributed by atoms with Crippen molar-refractivity contribution < 1.29 is 14.6 Å². The van der Waals surface area contributed by atoms with Gasteiger partial charge < -0.3 is 15.2 Å². The molecule has 1 atom stereocenters. The first kappa shape index (κ1) is 19.9. The largest absolute Gasteiger partial charge is 0.496 e. The summed E-state index contributed by atoms with van der Waals surface area (Å²) in [6.45, 7) is 1.88. The number of halogens is 1. The Morgan fingerprint density at radius 3 is 2.93 bits per heavy atom. The molecule has 0 aliphatic heterocycles. The van der Waals surface area contributed by atoms with Gasteiger partial charge in [0.2, 0.25) is 0 Å². The highest BCUT2D eigenvalue weighted by Gasteiger charge is 2.22. The number of aromatic nitrogens is 5. The molecule has 0 unspecified atom stereocenters. The summed E-state index contributed by atoms with van der Waals surface area (Å²) in [6.07, 6.45) is 5.63. The molecule has 3 heterocycles. The van der Waals surface area contributed by atoms with Crippen molar-refractivity contribution in [3.8, 4) is 17.0 Å². The minimum Gasteiger partial charge on any atom is -0.496 e. The average Bonchev–Trinajstić information content (AvgIpc) is 3.31. The second-order valence-electron chi connectivity index (χ2n) is 6.68. The zero-order valence-corrected chi connectivity index (χ0v) is 17.0. The molecule has 0 bridgehead atoms. The zero-order chi connectivity index (χ0) is 21.3. The van der Waals surface area contributed by atoms with Crippen LogP contribution in [-0.4, -0.2) is 48.6 Å². The number of benzene rings is 1. The van der Waals surface area contributed by atoms with Crippen LogP contribution >= 0.6 is 11.6 Å². The van der Waals surface area contributed by atoms with Crippen molar-refractivity contribution in [3.05, 3.63) is 59.6 Å². The number of fused-ring (bicyclic) bond motifs is 1. The van der Waals surface area contributed by atoms with E-state index in [4.69, 9.17) is 16.3 Å². The van der Waals surface area contributed by atoms with Crippen LogP contribution < -0.4 is 10.1 Å². The molecule has 0 aliphatic carbocycles. The molecule has 9 nitrogen and oxygen atoms in total. The molecule has 1 aromatic carbocycles. The SMILES string of the molecule is COc1ccc(Cl)cc1-c1c(NC(=O)c2cnn3cccnc23)cnn1C[C@H](C)O. The van der Waals surface area contributed by atoms with Crippen LogP contribution in [0.5, 0.6) is 5.75 Å². The maximum absolute atomic E-state index is 13.0. The first-order chi connectivity index (χ1) is 14.5. The lowest BCUT2D eigenvalue weighted by atomic mass is 10.1. The third kappa shape index (κ3) is 3.72. The number of carbonyl (C=O) groups is 1. The van der Waals surface area contributed by atoms with Crippen molar-refractivity contribution in [1.29, 1.82) is 0 Å². The Bertz CT molecular complexity index is 1220. The number of carbonyl (C=O) groups excluding carboxylic acids is 1. The number of methoxy groups -OCH3 is 1.